The second kappa shape index (κ2) is 8.33. The van der Waals surface area contributed by atoms with Crippen LogP contribution in [0.4, 0.5) is 4.39 Å². The first-order valence-corrected chi connectivity index (χ1v) is 9.17. The van der Waals surface area contributed by atoms with E-state index in [0.29, 0.717) is 11.5 Å². The van der Waals surface area contributed by atoms with E-state index in [4.69, 9.17) is 4.74 Å². The molecule has 1 atom stereocenters. The zero-order valence-electron chi connectivity index (χ0n) is 14.6. The Kier molecular flexibility index (Phi) is 5.90. The lowest BCUT2D eigenvalue weighted by Gasteiger charge is -2.12. The largest absolute Gasteiger partial charge is 0.491 e. The molecule has 7 heteroatoms. The molecule has 3 aromatic rings. The van der Waals surface area contributed by atoms with Gasteiger partial charge in [0, 0.05) is 18.4 Å². The summed E-state index contributed by atoms with van der Waals surface area (Å²) in [5, 5.41) is 19.3. The number of aliphatic hydroxyl groups excluding tert-OH is 1. The lowest BCUT2D eigenvalue weighted by molar-refractivity contribution is 0.126. The van der Waals surface area contributed by atoms with Gasteiger partial charge < -0.3 is 14.4 Å². The van der Waals surface area contributed by atoms with Gasteiger partial charge in [-0.05, 0) is 31.2 Å². The Morgan fingerprint density at radius 2 is 1.81 bits per heavy atom. The monoisotopic (exact) mass is 373 g/mol. The number of aryl methyl sites for hydroxylation is 1. The van der Waals surface area contributed by atoms with E-state index in [1.807, 2.05) is 42.8 Å². The maximum Gasteiger partial charge on any atom is 0.191 e. The van der Waals surface area contributed by atoms with Gasteiger partial charge in [0.15, 0.2) is 11.0 Å². The maximum atomic E-state index is 12.9. The molecule has 136 valence electrons. The van der Waals surface area contributed by atoms with Crippen LogP contribution in [-0.2, 0) is 7.05 Å². The second-order valence-corrected chi connectivity index (χ2v) is 6.95. The molecule has 1 heterocycles. The van der Waals surface area contributed by atoms with Gasteiger partial charge in [-0.2, -0.15) is 0 Å². The highest BCUT2D eigenvalue weighted by Crippen LogP contribution is 2.23. The lowest BCUT2D eigenvalue weighted by atomic mass is 10.1. The fourth-order valence-electron chi connectivity index (χ4n) is 2.34. The number of benzene rings is 2. The molecule has 26 heavy (non-hydrogen) atoms. The molecule has 0 amide bonds. The third-order valence-corrected chi connectivity index (χ3v) is 4.97. The Morgan fingerprint density at radius 1 is 1.12 bits per heavy atom. The zero-order valence-corrected chi connectivity index (χ0v) is 15.4. The van der Waals surface area contributed by atoms with Gasteiger partial charge in [0.2, 0.25) is 0 Å². The van der Waals surface area contributed by atoms with E-state index in [9.17, 15) is 9.50 Å². The number of hydrogen-bond donors (Lipinski definition) is 1. The fourth-order valence-corrected chi connectivity index (χ4v) is 3.15. The highest BCUT2D eigenvalue weighted by molar-refractivity contribution is 7.99. The molecule has 2 aromatic carbocycles. The molecule has 0 spiro atoms. The van der Waals surface area contributed by atoms with E-state index in [1.54, 1.807) is 0 Å². The summed E-state index contributed by atoms with van der Waals surface area (Å²) in [6.45, 7) is 2.17. The number of nitrogens with zero attached hydrogens (tertiary/aromatic N) is 3. The predicted octanol–water partition coefficient (Wildman–Crippen LogP) is 3.46. The van der Waals surface area contributed by atoms with Crippen molar-refractivity contribution in [1.29, 1.82) is 0 Å². The fraction of sp³-hybridized carbons (Fsp3) is 0.263. The van der Waals surface area contributed by atoms with Crippen molar-refractivity contribution in [2.45, 2.75) is 18.2 Å². The molecule has 0 aliphatic carbocycles. The van der Waals surface area contributed by atoms with Gasteiger partial charge in [0.25, 0.3) is 0 Å². The van der Waals surface area contributed by atoms with Crippen molar-refractivity contribution in [3.63, 3.8) is 0 Å². The third kappa shape index (κ3) is 4.62. The van der Waals surface area contributed by atoms with Crippen LogP contribution in [0.5, 0.6) is 5.75 Å². The molecule has 1 aromatic heterocycles. The minimum Gasteiger partial charge on any atom is -0.491 e. The van der Waals surface area contributed by atoms with E-state index in [2.05, 4.69) is 10.2 Å². The van der Waals surface area contributed by atoms with Crippen LogP contribution in [0.15, 0.2) is 53.7 Å². The molecule has 0 saturated carbocycles. The van der Waals surface area contributed by atoms with Gasteiger partial charge in [-0.3, -0.25) is 0 Å². The number of halogens is 1. The van der Waals surface area contributed by atoms with E-state index in [1.165, 1.54) is 41.6 Å². The van der Waals surface area contributed by atoms with Crippen molar-refractivity contribution >= 4 is 11.8 Å². The molecule has 0 radical (unpaired) electrons. The molecule has 3 rings (SSSR count). The van der Waals surface area contributed by atoms with Crippen LogP contribution in [0.1, 0.15) is 5.56 Å². The number of aromatic nitrogens is 3. The Bertz CT molecular complexity index is 850. The summed E-state index contributed by atoms with van der Waals surface area (Å²) in [6, 6.07) is 13.8. The summed E-state index contributed by atoms with van der Waals surface area (Å²) in [5.41, 5.74) is 2.19. The molecular formula is C19H20FN3O2S. The summed E-state index contributed by atoms with van der Waals surface area (Å²) in [4.78, 5) is 0. The van der Waals surface area contributed by atoms with Crippen LogP contribution in [0.3, 0.4) is 0 Å². The van der Waals surface area contributed by atoms with Gasteiger partial charge in [-0.15, -0.1) is 10.2 Å². The number of hydrogen-bond acceptors (Lipinski definition) is 5. The summed E-state index contributed by atoms with van der Waals surface area (Å²) in [5.74, 6) is 1.40. The summed E-state index contributed by atoms with van der Waals surface area (Å²) in [6.07, 6.45) is -0.676. The van der Waals surface area contributed by atoms with Crippen LogP contribution in [-0.4, -0.2) is 38.3 Å². The van der Waals surface area contributed by atoms with Crippen LogP contribution >= 0.6 is 11.8 Å². The van der Waals surface area contributed by atoms with Crippen LogP contribution in [0.25, 0.3) is 11.4 Å². The van der Waals surface area contributed by atoms with Crippen molar-refractivity contribution in [3.05, 3.63) is 59.9 Å². The number of aliphatic hydroxyl groups is 1. The topological polar surface area (TPSA) is 60.2 Å². The average molecular weight is 373 g/mol. The van der Waals surface area contributed by atoms with E-state index < -0.39 is 6.10 Å². The highest BCUT2D eigenvalue weighted by Gasteiger charge is 2.13. The normalized spacial score (nSPS) is 12.2. The predicted molar refractivity (Wildman–Crippen MR) is 99.8 cm³/mol. The van der Waals surface area contributed by atoms with Crippen molar-refractivity contribution in [2.75, 3.05) is 12.4 Å². The smallest absolute Gasteiger partial charge is 0.191 e. The Balaban J connectivity index is 1.54. The first-order valence-electron chi connectivity index (χ1n) is 8.18. The molecule has 1 N–H and O–H groups in total. The average Bonchev–Trinajstić information content (AvgIpc) is 3.01. The summed E-state index contributed by atoms with van der Waals surface area (Å²) >= 11 is 1.41. The summed E-state index contributed by atoms with van der Waals surface area (Å²) < 4.78 is 20.2. The van der Waals surface area contributed by atoms with Crippen LogP contribution in [0, 0.1) is 12.7 Å². The SMILES string of the molecule is Cc1ccc(-c2nnc(SC[C@H](O)COc3ccc(F)cc3)n2C)cc1. The third-order valence-electron chi connectivity index (χ3n) is 3.81. The van der Waals surface area contributed by atoms with E-state index in [0.717, 1.165) is 16.5 Å². The highest BCUT2D eigenvalue weighted by atomic mass is 32.2. The Hall–Kier alpha value is -2.38. The zero-order chi connectivity index (χ0) is 18.5. The van der Waals surface area contributed by atoms with Crippen molar-refractivity contribution in [1.82, 2.24) is 14.8 Å². The quantitative estimate of drug-likeness (QED) is 0.643. The van der Waals surface area contributed by atoms with Crippen LogP contribution < -0.4 is 4.74 Å². The van der Waals surface area contributed by atoms with Gasteiger partial charge >= 0.3 is 0 Å². The van der Waals surface area contributed by atoms with Crippen molar-refractivity contribution < 1.29 is 14.2 Å². The van der Waals surface area contributed by atoms with Crippen LogP contribution in [0.2, 0.25) is 0 Å². The number of thioether (sulfide) groups is 1. The van der Waals surface area contributed by atoms with E-state index in [-0.39, 0.29) is 12.4 Å². The van der Waals surface area contributed by atoms with Gasteiger partial charge in [0.05, 0.1) is 6.10 Å². The minimum absolute atomic E-state index is 0.126. The van der Waals surface area contributed by atoms with Gasteiger partial charge in [-0.1, -0.05) is 41.6 Å². The standard InChI is InChI=1S/C19H20FN3O2S/c1-13-3-5-14(6-4-13)18-21-22-19(23(18)2)26-12-16(24)11-25-17-9-7-15(20)8-10-17/h3-10,16,24H,11-12H2,1-2H3/t16-/m1/s1. The van der Waals surface area contributed by atoms with Gasteiger partial charge in [0.1, 0.15) is 18.2 Å². The minimum atomic E-state index is -0.676. The Morgan fingerprint density at radius 3 is 2.50 bits per heavy atom. The molecule has 0 fully saturated rings. The van der Waals surface area contributed by atoms with Gasteiger partial charge in [-0.25, -0.2) is 4.39 Å². The maximum absolute atomic E-state index is 12.9. The first-order chi connectivity index (χ1) is 12.5. The molecule has 0 saturated heterocycles. The van der Waals surface area contributed by atoms with E-state index >= 15 is 0 Å². The lowest BCUT2D eigenvalue weighted by Crippen LogP contribution is -2.20. The first kappa shape index (κ1) is 18.4. The molecule has 5 nitrogen and oxygen atoms in total. The van der Waals surface area contributed by atoms with Crippen molar-refractivity contribution in [2.24, 2.45) is 7.05 Å². The molecule has 0 unspecified atom stereocenters. The van der Waals surface area contributed by atoms with Crippen molar-refractivity contribution in [3.8, 4) is 17.1 Å². The molecule has 0 bridgehead atoms. The number of rotatable bonds is 7. The molecule has 0 aliphatic heterocycles. The molecular weight excluding hydrogens is 353 g/mol. The molecule has 0 aliphatic rings. The Labute approximate surface area is 155 Å². The second-order valence-electron chi connectivity index (χ2n) is 5.96. The summed E-state index contributed by atoms with van der Waals surface area (Å²) in [7, 11) is 1.90. The number of ether oxygens (including phenoxy) is 1.